The highest BCUT2D eigenvalue weighted by molar-refractivity contribution is 7.14. The zero-order valence-corrected chi connectivity index (χ0v) is 9.76. The minimum atomic E-state index is -0.124. The number of hydrogen-bond acceptors (Lipinski definition) is 4. The van der Waals surface area contributed by atoms with Crippen molar-refractivity contribution >= 4 is 28.3 Å². The van der Waals surface area contributed by atoms with E-state index < -0.39 is 0 Å². The van der Waals surface area contributed by atoms with Gasteiger partial charge in [0.2, 0.25) is 11.8 Å². The Morgan fingerprint density at radius 2 is 1.82 bits per heavy atom. The maximum absolute atomic E-state index is 12.3. The average molecular weight is 246 g/mol. The summed E-state index contributed by atoms with van der Waals surface area (Å²) in [5.41, 5.74) is 0. The van der Waals surface area contributed by atoms with E-state index in [0.717, 1.165) is 6.42 Å². The number of fused-ring (bicyclic) bond motifs is 5. The third-order valence-corrected chi connectivity index (χ3v) is 4.84. The first kappa shape index (κ1) is 9.53. The molecule has 86 valence electrons. The number of allylic oxidation sites excluding steroid dienone is 2. The Morgan fingerprint density at radius 1 is 1.18 bits per heavy atom. The molecule has 4 rings (SSSR count). The zero-order chi connectivity index (χ0) is 11.6. The van der Waals surface area contributed by atoms with Gasteiger partial charge in [-0.15, -0.1) is 11.3 Å². The molecule has 17 heavy (non-hydrogen) atoms. The summed E-state index contributed by atoms with van der Waals surface area (Å²) in [7, 11) is 0. The second-order valence-corrected chi connectivity index (χ2v) is 5.70. The Balaban J connectivity index is 1.79. The average Bonchev–Trinajstić information content (AvgIpc) is 3.03. The summed E-state index contributed by atoms with van der Waals surface area (Å²) in [6.45, 7) is 0. The number of nitrogens with zero attached hydrogens (tertiary/aromatic N) is 2. The summed E-state index contributed by atoms with van der Waals surface area (Å²) in [5, 5.41) is 2.31. The van der Waals surface area contributed by atoms with Gasteiger partial charge in [-0.2, -0.15) is 0 Å². The van der Waals surface area contributed by atoms with Crippen LogP contribution in [0, 0.1) is 23.7 Å². The summed E-state index contributed by atoms with van der Waals surface area (Å²) in [4.78, 5) is 30.0. The molecule has 0 spiro atoms. The molecular weight excluding hydrogens is 236 g/mol. The molecule has 2 bridgehead atoms. The molecule has 0 aromatic carbocycles. The molecule has 1 aromatic heterocycles. The van der Waals surface area contributed by atoms with Gasteiger partial charge in [-0.1, -0.05) is 12.2 Å². The van der Waals surface area contributed by atoms with Gasteiger partial charge in [-0.3, -0.25) is 9.59 Å². The van der Waals surface area contributed by atoms with Crippen molar-refractivity contribution in [3.8, 4) is 0 Å². The van der Waals surface area contributed by atoms with Crippen LogP contribution in [0.2, 0.25) is 0 Å². The van der Waals surface area contributed by atoms with Crippen molar-refractivity contribution in [2.75, 3.05) is 4.90 Å². The van der Waals surface area contributed by atoms with E-state index >= 15 is 0 Å². The number of carbonyl (C=O) groups is 2. The molecule has 1 saturated carbocycles. The molecule has 0 N–H and O–H groups in total. The van der Waals surface area contributed by atoms with Crippen molar-refractivity contribution in [3.05, 3.63) is 23.7 Å². The van der Waals surface area contributed by atoms with Crippen LogP contribution < -0.4 is 4.90 Å². The summed E-state index contributed by atoms with van der Waals surface area (Å²) in [5.74, 6) is 0.194. The van der Waals surface area contributed by atoms with Gasteiger partial charge in [0.05, 0.1) is 11.8 Å². The molecule has 2 amide bonds. The molecule has 5 heteroatoms. The number of carbonyl (C=O) groups excluding carboxylic acids is 2. The van der Waals surface area contributed by atoms with Gasteiger partial charge in [-0.25, -0.2) is 9.88 Å². The van der Waals surface area contributed by atoms with Crippen LogP contribution in [0.5, 0.6) is 0 Å². The van der Waals surface area contributed by atoms with Crippen LogP contribution >= 0.6 is 11.3 Å². The molecular formula is C12H10N2O2S. The second-order valence-electron chi connectivity index (χ2n) is 4.83. The normalized spacial score (nSPS) is 38.2. The number of amides is 2. The lowest BCUT2D eigenvalue weighted by atomic mass is 9.85. The van der Waals surface area contributed by atoms with Crippen molar-refractivity contribution < 1.29 is 9.59 Å². The first-order valence-corrected chi connectivity index (χ1v) is 6.61. The lowest BCUT2D eigenvalue weighted by molar-refractivity contribution is -0.123. The lowest BCUT2D eigenvalue weighted by Crippen LogP contribution is -2.32. The molecule has 4 atom stereocenters. The SMILES string of the molecule is O=C1[C@@H]2[C@H](C(=O)N1c1nccs1)[C@@H]1C=C[C@@H]2C1. The molecule has 2 fully saturated rings. The third-order valence-electron chi connectivity index (χ3n) is 4.08. The van der Waals surface area contributed by atoms with Gasteiger partial charge in [0, 0.05) is 11.6 Å². The molecule has 0 unspecified atom stereocenters. The van der Waals surface area contributed by atoms with Crippen molar-refractivity contribution in [2.45, 2.75) is 6.42 Å². The van der Waals surface area contributed by atoms with E-state index in [0.29, 0.717) is 5.13 Å². The predicted molar refractivity (Wildman–Crippen MR) is 62.3 cm³/mol. The fourth-order valence-electron chi connectivity index (χ4n) is 3.42. The van der Waals surface area contributed by atoms with E-state index in [9.17, 15) is 9.59 Å². The molecule has 1 aromatic rings. The van der Waals surface area contributed by atoms with Crippen molar-refractivity contribution in [1.29, 1.82) is 0 Å². The van der Waals surface area contributed by atoms with Crippen LogP contribution in [0.3, 0.4) is 0 Å². The fraction of sp³-hybridized carbons (Fsp3) is 0.417. The number of thiazole rings is 1. The van der Waals surface area contributed by atoms with E-state index in [2.05, 4.69) is 17.1 Å². The van der Waals surface area contributed by atoms with Crippen LogP contribution in [0.25, 0.3) is 0 Å². The van der Waals surface area contributed by atoms with Gasteiger partial charge in [-0.05, 0) is 18.3 Å². The molecule has 1 saturated heterocycles. The largest absolute Gasteiger partial charge is 0.274 e. The van der Waals surface area contributed by atoms with Crippen LogP contribution in [0.15, 0.2) is 23.7 Å². The highest BCUT2D eigenvalue weighted by Crippen LogP contribution is 2.53. The Hall–Kier alpha value is -1.49. The van der Waals surface area contributed by atoms with Crippen LogP contribution in [-0.4, -0.2) is 16.8 Å². The monoisotopic (exact) mass is 246 g/mol. The van der Waals surface area contributed by atoms with E-state index in [1.54, 1.807) is 11.6 Å². The fourth-order valence-corrected chi connectivity index (χ4v) is 4.07. The standard InChI is InChI=1S/C12H10N2O2S/c15-10-8-6-1-2-7(5-6)9(8)11(16)14(10)12-13-3-4-17-12/h1-4,6-9H,5H2/t6-,7-,8-,9+/m1/s1. The Kier molecular flexibility index (Phi) is 1.71. The number of anilines is 1. The van der Waals surface area contributed by atoms with Gasteiger partial charge >= 0.3 is 0 Å². The van der Waals surface area contributed by atoms with Gasteiger partial charge < -0.3 is 0 Å². The molecule has 3 aliphatic rings. The number of hydrogen-bond donors (Lipinski definition) is 0. The molecule has 1 aliphatic heterocycles. The first-order valence-electron chi connectivity index (χ1n) is 5.73. The maximum atomic E-state index is 12.3. The number of rotatable bonds is 1. The Morgan fingerprint density at radius 3 is 2.35 bits per heavy atom. The van der Waals surface area contributed by atoms with Crippen LogP contribution in [0.1, 0.15) is 6.42 Å². The summed E-state index contributed by atoms with van der Waals surface area (Å²) < 4.78 is 0. The maximum Gasteiger partial charge on any atom is 0.240 e. The summed E-state index contributed by atoms with van der Waals surface area (Å²) in [6, 6.07) is 0. The third kappa shape index (κ3) is 1.05. The molecule has 0 radical (unpaired) electrons. The molecule has 2 aliphatic carbocycles. The van der Waals surface area contributed by atoms with Gasteiger partial charge in [0.1, 0.15) is 0 Å². The Bertz CT molecular complexity index is 507. The van der Waals surface area contributed by atoms with E-state index in [1.807, 2.05) is 0 Å². The highest BCUT2D eigenvalue weighted by atomic mass is 32.1. The first-order chi connectivity index (χ1) is 8.27. The zero-order valence-electron chi connectivity index (χ0n) is 8.95. The minimum Gasteiger partial charge on any atom is -0.274 e. The lowest BCUT2D eigenvalue weighted by Gasteiger charge is -2.14. The van der Waals surface area contributed by atoms with Gasteiger partial charge in [0.15, 0.2) is 5.13 Å². The van der Waals surface area contributed by atoms with Crippen molar-refractivity contribution in [1.82, 2.24) is 4.98 Å². The van der Waals surface area contributed by atoms with E-state index in [4.69, 9.17) is 0 Å². The summed E-state index contributed by atoms with van der Waals surface area (Å²) >= 11 is 1.34. The quantitative estimate of drug-likeness (QED) is 0.556. The minimum absolute atomic E-state index is 0.0493. The van der Waals surface area contributed by atoms with Crippen molar-refractivity contribution in [3.63, 3.8) is 0 Å². The smallest absolute Gasteiger partial charge is 0.240 e. The Labute approximate surface area is 102 Å². The predicted octanol–water partition coefficient (Wildman–Crippen LogP) is 1.45. The van der Waals surface area contributed by atoms with Crippen LogP contribution in [-0.2, 0) is 9.59 Å². The van der Waals surface area contributed by atoms with E-state index in [1.165, 1.54) is 16.2 Å². The highest BCUT2D eigenvalue weighted by Gasteiger charge is 2.60. The molecule has 2 heterocycles. The summed E-state index contributed by atoms with van der Waals surface area (Å²) in [6.07, 6.45) is 6.80. The topological polar surface area (TPSA) is 50.3 Å². The second kappa shape index (κ2) is 3.04. The number of aromatic nitrogens is 1. The van der Waals surface area contributed by atoms with Gasteiger partial charge in [0.25, 0.3) is 0 Å². The van der Waals surface area contributed by atoms with E-state index in [-0.39, 0.29) is 35.5 Å². The van der Waals surface area contributed by atoms with Crippen molar-refractivity contribution in [2.24, 2.45) is 23.7 Å². The molecule has 4 nitrogen and oxygen atoms in total. The van der Waals surface area contributed by atoms with Crippen LogP contribution in [0.4, 0.5) is 5.13 Å². The number of imide groups is 1.